The van der Waals surface area contributed by atoms with Crippen LogP contribution in [0.15, 0.2) is 72.9 Å². The van der Waals surface area contributed by atoms with Crippen LogP contribution in [0.25, 0.3) is 0 Å². The van der Waals surface area contributed by atoms with Gasteiger partial charge in [0.25, 0.3) is 5.91 Å². The molecule has 0 saturated carbocycles. The van der Waals surface area contributed by atoms with E-state index in [0.717, 1.165) is 50.5 Å². The van der Waals surface area contributed by atoms with Crippen molar-refractivity contribution < 1.29 is 9.53 Å². The number of carbonyl (C=O) groups is 1. The van der Waals surface area contributed by atoms with E-state index in [9.17, 15) is 4.79 Å². The molecule has 1 N–H and O–H groups in total. The molecular formula is C25H27N3O2. The van der Waals surface area contributed by atoms with Crippen molar-refractivity contribution in [2.45, 2.75) is 19.3 Å². The number of para-hydroxylation sites is 1. The summed E-state index contributed by atoms with van der Waals surface area (Å²) in [6.45, 7) is 2.96. The fourth-order valence-electron chi connectivity index (χ4n) is 3.66. The van der Waals surface area contributed by atoms with Gasteiger partial charge in [-0.2, -0.15) is 0 Å². The Bertz CT molecular complexity index is 958. The van der Waals surface area contributed by atoms with Crippen LogP contribution in [-0.2, 0) is 17.6 Å². The average Bonchev–Trinajstić information content (AvgIpc) is 3.23. The zero-order chi connectivity index (χ0) is 20.6. The summed E-state index contributed by atoms with van der Waals surface area (Å²) in [6.07, 6.45) is 4.40. The molecule has 0 fully saturated rings. The Morgan fingerprint density at radius 3 is 2.67 bits per heavy atom. The number of benzene rings is 2. The summed E-state index contributed by atoms with van der Waals surface area (Å²) in [6, 6.07) is 22.2. The molecule has 5 heteroatoms. The van der Waals surface area contributed by atoms with Crippen LogP contribution in [0, 0.1) is 0 Å². The molecule has 0 unspecified atom stereocenters. The number of carbonyl (C=O) groups excluding carboxylic acids is 1. The van der Waals surface area contributed by atoms with Crippen LogP contribution in [0.1, 0.15) is 27.9 Å². The van der Waals surface area contributed by atoms with Crippen molar-refractivity contribution >= 4 is 17.4 Å². The molecule has 30 heavy (non-hydrogen) atoms. The summed E-state index contributed by atoms with van der Waals surface area (Å²) in [4.78, 5) is 19.1. The highest BCUT2D eigenvalue weighted by molar-refractivity contribution is 6.07. The number of ether oxygens (including phenoxy) is 1. The minimum atomic E-state index is 0.00539. The Hall–Kier alpha value is -3.18. The first-order valence-electron chi connectivity index (χ1n) is 10.5. The summed E-state index contributed by atoms with van der Waals surface area (Å²) >= 11 is 0. The molecule has 0 radical (unpaired) electrons. The monoisotopic (exact) mass is 401 g/mol. The normalized spacial score (nSPS) is 12.6. The lowest BCUT2D eigenvalue weighted by Crippen LogP contribution is -2.28. The maximum atomic E-state index is 12.8. The van der Waals surface area contributed by atoms with Gasteiger partial charge >= 0.3 is 0 Å². The standard InChI is InChI=1S/C25H27N3O2/c29-25(28-16-13-21-9-4-5-10-23(21)28)22-11-12-24(27-19-22)26-15-6-17-30-18-14-20-7-2-1-3-8-20/h1-5,7-12,19H,6,13-18H2,(H,26,27). The molecule has 0 spiro atoms. The molecule has 0 aliphatic carbocycles. The van der Waals surface area contributed by atoms with Gasteiger partial charge in [0.1, 0.15) is 5.82 Å². The molecule has 154 valence electrons. The lowest BCUT2D eigenvalue weighted by molar-refractivity contribution is 0.0989. The molecular weight excluding hydrogens is 374 g/mol. The van der Waals surface area contributed by atoms with Crippen LogP contribution in [-0.4, -0.2) is 37.2 Å². The first-order chi connectivity index (χ1) is 14.8. The van der Waals surface area contributed by atoms with Crippen molar-refractivity contribution in [3.8, 4) is 0 Å². The van der Waals surface area contributed by atoms with Gasteiger partial charge in [0.2, 0.25) is 0 Å². The fraction of sp³-hybridized carbons (Fsp3) is 0.280. The highest BCUT2D eigenvalue weighted by Crippen LogP contribution is 2.28. The van der Waals surface area contributed by atoms with E-state index in [4.69, 9.17) is 4.74 Å². The second-order valence-corrected chi connectivity index (χ2v) is 7.40. The molecule has 1 aromatic heterocycles. The number of amides is 1. The second-order valence-electron chi connectivity index (χ2n) is 7.40. The summed E-state index contributed by atoms with van der Waals surface area (Å²) in [7, 11) is 0. The predicted molar refractivity (Wildman–Crippen MR) is 120 cm³/mol. The number of fused-ring (bicyclic) bond motifs is 1. The maximum absolute atomic E-state index is 12.8. The number of hydrogen-bond donors (Lipinski definition) is 1. The lowest BCUT2D eigenvalue weighted by atomic mass is 10.2. The van der Waals surface area contributed by atoms with Crippen LogP contribution < -0.4 is 10.2 Å². The van der Waals surface area contributed by atoms with E-state index in [-0.39, 0.29) is 5.91 Å². The zero-order valence-electron chi connectivity index (χ0n) is 17.1. The molecule has 1 aliphatic rings. The predicted octanol–water partition coefficient (Wildman–Crippen LogP) is 4.35. The highest BCUT2D eigenvalue weighted by Gasteiger charge is 2.25. The zero-order valence-corrected chi connectivity index (χ0v) is 17.1. The molecule has 2 aromatic carbocycles. The fourth-order valence-corrected chi connectivity index (χ4v) is 3.66. The van der Waals surface area contributed by atoms with Crippen LogP contribution in [0.5, 0.6) is 0 Å². The van der Waals surface area contributed by atoms with E-state index in [1.165, 1.54) is 11.1 Å². The quantitative estimate of drug-likeness (QED) is 0.542. The third kappa shape index (κ3) is 5.05. The van der Waals surface area contributed by atoms with Gasteiger partial charge in [-0.25, -0.2) is 4.98 Å². The Labute approximate surface area is 177 Å². The van der Waals surface area contributed by atoms with Gasteiger partial charge < -0.3 is 15.0 Å². The first kappa shape index (κ1) is 20.1. The average molecular weight is 402 g/mol. The van der Waals surface area contributed by atoms with Crippen LogP contribution in [0.4, 0.5) is 11.5 Å². The van der Waals surface area contributed by atoms with E-state index in [0.29, 0.717) is 12.2 Å². The van der Waals surface area contributed by atoms with Gasteiger partial charge in [-0.3, -0.25) is 4.79 Å². The first-order valence-corrected chi connectivity index (χ1v) is 10.5. The Balaban J connectivity index is 1.18. The largest absolute Gasteiger partial charge is 0.381 e. The number of nitrogens with zero attached hydrogens (tertiary/aromatic N) is 2. The molecule has 0 atom stereocenters. The Morgan fingerprint density at radius 2 is 1.83 bits per heavy atom. The molecule has 1 aliphatic heterocycles. The second kappa shape index (κ2) is 10.0. The molecule has 3 aromatic rings. The minimum absolute atomic E-state index is 0.00539. The number of hydrogen-bond acceptors (Lipinski definition) is 4. The molecule has 4 rings (SSSR count). The third-order valence-corrected chi connectivity index (χ3v) is 5.29. The number of anilines is 2. The van der Waals surface area contributed by atoms with E-state index in [1.807, 2.05) is 41.3 Å². The molecule has 5 nitrogen and oxygen atoms in total. The van der Waals surface area contributed by atoms with Crippen molar-refractivity contribution in [2.75, 3.05) is 36.5 Å². The summed E-state index contributed by atoms with van der Waals surface area (Å²) in [5, 5.41) is 3.29. The SMILES string of the molecule is O=C(c1ccc(NCCCOCCc2ccccc2)nc1)N1CCc2ccccc21. The number of rotatable bonds is 9. The maximum Gasteiger partial charge on any atom is 0.259 e. The van der Waals surface area contributed by atoms with Gasteiger partial charge in [-0.1, -0.05) is 48.5 Å². The van der Waals surface area contributed by atoms with Gasteiger partial charge in [-0.05, 0) is 48.6 Å². The van der Waals surface area contributed by atoms with Crippen molar-refractivity contribution in [1.82, 2.24) is 4.98 Å². The summed E-state index contributed by atoms with van der Waals surface area (Å²) in [5.41, 5.74) is 4.15. The molecule has 1 amide bonds. The molecule has 0 bridgehead atoms. The van der Waals surface area contributed by atoms with E-state index in [2.05, 4.69) is 40.6 Å². The number of nitrogens with one attached hydrogen (secondary N) is 1. The summed E-state index contributed by atoms with van der Waals surface area (Å²) < 4.78 is 5.70. The van der Waals surface area contributed by atoms with Gasteiger partial charge in [0.05, 0.1) is 12.2 Å². The van der Waals surface area contributed by atoms with Crippen LogP contribution >= 0.6 is 0 Å². The van der Waals surface area contributed by atoms with Crippen molar-refractivity contribution in [1.29, 1.82) is 0 Å². The Kier molecular flexibility index (Phi) is 6.72. The van der Waals surface area contributed by atoms with E-state index < -0.39 is 0 Å². The topological polar surface area (TPSA) is 54.5 Å². The molecule has 2 heterocycles. The van der Waals surface area contributed by atoms with Crippen LogP contribution in [0.2, 0.25) is 0 Å². The van der Waals surface area contributed by atoms with Gasteiger partial charge in [0.15, 0.2) is 0 Å². The Morgan fingerprint density at radius 1 is 1.00 bits per heavy atom. The van der Waals surface area contributed by atoms with Gasteiger partial charge in [0, 0.05) is 31.6 Å². The number of aromatic nitrogens is 1. The van der Waals surface area contributed by atoms with Crippen molar-refractivity contribution in [2.24, 2.45) is 0 Å². The molecule has 0 saturated heterocycles. The van der Waals surface area contributed by atoms with Crippen molar-refractivity contribution in [3.63, 3.8) is 0 Å². The lowest BCUT2D eigenvalue weighted by Gasteiger charge is -2.17. The van der Waals surface area contributed by atoms with Crippen molar-refractivity contribution in [3.05, 3.63) is 89.6 Å². The summed E-state index contributed by atoms with van der Waals surface area (Å²) in [5.74, 6) is 0.781. The van der Waals surface area contributed by atoms with E-state index >= 15 is 0 Å². The van der Waals surface area contributed by atoms with Gasteiger partial charge in [-0.15, -0.1) is 0 Å². The van der Waals surface area contributed by atoms with E-state index in [1.54, 1.807) is 6.20 Å². The van der Waals surface area contributed by atoms with Crippen LogP contribution in [0.3, 0.4) is 0 Å². The highest BCUT2D eigenvalue weighted by atomic mass is 16.5. The minimum Gasteiger partial charge on any atom is -0.381 e. The number of pyridine rings is 1. The smallest absolute Gasteiger partial charge is 0.259 e. The third-order valence-electron chi connectivity index (χ3n) is 5.29.